The van der Waals surface area contributed by atoms with E-state index in [0.717, 1.165) is 10.9 Å². The van der Waals surface area contributed by atoms with E-state index in [0.29, 0.717) is 29.5 Å². The van der Waals surface area contributed by atoms with Gasteiger partial charge in [-0.3, -0.25) is 0 Å². The lowest BCUT2D eigenvalue weighted by atomic mass is 10.2. The highest BCUT2D eigenvalue weighted by Gasteiger charge is 2.23. The fraction of sp³-hybridized carbons (Fsp3) is 0.333. The molecule has 0 aliphatic carbocycles. The molecule has 0 saturated heterocycles. The topological polar surface area (TPSA) is 93.7 Å². The molecule has 0 unspecified atom stereocenters. The molecule has 2 aromatic carbocycles. The minimum atomic E-state index is -3.72. The van der Waals surface area contributed by atoms with Crippen LogP contribution >= 0.6 is 28.1 Å². The molecule has 2 N–H and O–H groups in total. The van der Waals surface area contributed by atoms with Gasteiger partial charge in [-0.1, -0.05) is 41.5 Å². The van der Waals surface area contributed by atoms with Crippen molar-refractivity contribution < 1.29 is 22.7 Å². The number of hydrogen-bond acceptors (Lipinski definition) is 6. The van der Waals surface area contributed by atoms with Gasteiger partial charge in [0.05, 0.1) is 22.5 Å². The van der Waals surface area contributed by atoms with Crippen molar-refractivity contribution in [2.45, 2.75) is 37.6 Å². The van der Waals surface area contributed by atoms with Crippen LogP contribution in [0.15, 0.2) is 57.9 Å². The number of nitrogens with one attached hydrogen (secondary N) is 2. The summed E-state index contributed by atoms with van der Waals surface area (Å²) in [7, 11) is -3.72. The van der Waals surface area contributed by atoms with Gasteiger partial charge in [-0.05, 0) is 61.9 Å². The van der Waals surface area contributed by atoms with Crippen molar-refractivity contribution >= 4 is 54.8 Å². The molecular weight excluding hydrogens is 504 g/mol. The molecule has 1 atom stereocenters. The predicted octanol–water partition coefficient (Wildman–Crippen LogP) is 4.28. The lowest BCUT2D eigenvalue weighted by molar-refractivity contribution is -0.145. The number of halogens is 1. The van der Waals surface area contributed by atoms with Crippen LogP contribution in [0.3, 0.4) is 0 Å². The van der Waals surface area contributed by atoms with Crippen molar-refractivity contribution in [3.63, 3.8) is 0 Å². The first kappa shape index (κ1) is 25.3. The van der Waals surface area contributed by atoms with E-state index in [1.54, 1.807) is 43.3 Å². The standard InChI is InChI=1S/C21H25BrN2O5S2/c1-3-5-19(24-31(26,27)18-12-6-15(22)7-13-18)21(30)23-16-8-10-17(11-9-16)29-14-20(25)28-4-2/h6-13,19,24H,3-5,14H2,1-2H3,(H,23,30)/t19-/m0/s1. The van der Waals surface area contributed by atoms with Crippen LogP contribution in [0.25, 0.3) is 0 Å². The number of sulfonamides is 1. The van der Waals surface area contributed by atoms with Gasteiger partial charge >= 0.3 is 5.97 Å². The maximum absolute atomic E-state index is 12.7. The lowest BCUT2D eigenvalue weighted by Gasteiger charge is -2.20. The molecular formula is C21H25BrN2O5S2. The summed E-state index contributed by atoms with van der Waals surface area (Å²) in [4.78, 5) is 11.9. The molecule has 7 nitrogen and oxygen atoms in total. The van der Waals surface area contributed by atoms with E-state index in [1.165, 1.54) is 12.1 Å². The highest BCUT2D eigenvalue weighted by atomic mass is 79.9. The maximum atomic E-state index is 12.7. The van der Waals surface area contributed by atoms with Gasteiger partial charge in [-0.15, -0.1) is 0 Å². The Balaban J connectivity index is 2.01. The van der Waals surface area contributed by atoms with Crippen LogP contribution in [0.4, 0.5) is 5.69 Å². The van der Waals surface area contributed by atoms with Gasteiger partial charge < -0.3 is 14.8 Å². The fourth-order valence-electron chi connectivity index (χ4n) is 2.61. The zero-order valence-corrected chi connectivity index (χ0v) is 20.5. The first-order valence-electron chi connectivity index (χ1n) is 9.72. The Labute approximate surface area is 196 Å². The Morgan fingerprint density at radius 2 is 1.74 bits per heavy atom. The van der Waals surface area contributed by atoms with Crippen LogP contribution in [-0.4, -0.2) is 38.6 Å². The van der Waals surface area contributed by atoms with Crippen molar-refractivity contribution in [1.29, 1.82) is 0 Å². The number of carbonyl (C=O) groups excluding carboxylic acids is 1. The molecule has 0 aliphatic rings. The fourth-order valence-corrected chi connectivity index (χ4v) is 4.48. The average molecular weight is 529 g/mol. The summed E-state index contributed by atoms with van der Waals surface area (Å²) in [6, 6.07) is 12.7. The third-order valence-corrected chi connectivity index (χ3v) is 6.50. The quantitative estimate of drug-likeness (QED) is 0.332. The molecule has 0 amide bonds. The van der Waals surface area contributed by atoms with Crippen molar-refractivity contribution in [2.24, 2.45) is 0 Å². The van der Waals surface area contributed by atoms with Crippen LogP contribution in [0.5, 0.6) is 5.75 Å². The van der Waals surface area contributed by atoms with Crippen molar-refractivity contribution in [1.82, 2.24) is 4.72 Å². The molecule has 0 saturated carbocycles. The van der Waals surface area contributed by atoms with Gasteiger partial charge in [0.25, 0.3) is 0 Å². The van der Waals surface area contributed by atoms with Crippen LogP contribution in [0.2, 0.25) is 0 Å². The van der Waals surface area contributed by atoms with Gasteiger partial charge in [0.15, 0.2) is 6.61 Å². The number of hydrogen-bond donors (Lipinski definition) is 2. The van der Waals surface area contributed by atoms with Crippen LogP contribution in [0.1, 0.15) is 26.7 Å². The number of rotatable bonds is 11. The molecule has 0 radical (unpaired) electrons. The van der Waals surface area contributed by atoms with E-state index >= 15 is 0 Å². The SMILES string of the molecule is CCC[C@H](NS(=O)(=O)c1ccc(Br)cc1)C(=S)Nc1ccc(OCC(=O)OCC)cc1. The molecule has 0 bridgehead atoms. The van der Waals surface area contributed by atoms with Gasteiger partial charge in [0, 0.05) is 10.2 Å². The van der Waals surface area contributed by atoms with E-state index < -0.39 is 22.0 Å². The summed E-state index contributed by atoms with van der Waals surface area (Å²) >= 11 is 8.77. The number of anilines is 1. The molecule has 31 heavy (non-hydrogen) atoms. The van der Waals surface area contributed by atoms with E-state index in [1.807, 2.05) is 6.92 Å². The molecule has 0 aliphatic heterocycles. The Kier molecular flexibility index (Phi) is 9.89. The number of benzene rings is 2. The Hall–Kier alpha value is -2.01. The lowest BCUT2D eigenvalue weighted by Crippen LogP contribution is -2.42. The summed E-state index contributed by atoms with van der Waals surface area (Å²) < 4.78 is 39.1. The van der Waals surface area contributed by atoms with Crippen molar-refractivity contribution in [3.05, 3.63) is 53.0 Å². The maximum Gasteiger partial charge on any atom is 0.344 e. The summed E-state index contributed by atoms with van der Waals surface area (Å²) in [6.45, 7) is 3.81. The molecule has 0 fully saturated rings. The van der Waals surface area contributed by atoms with E-state index in [-0.39, 0.29) is 11.5 Å². The van der Waals surface area contributed by atoms with Crippen LogP contribution in [-0.2, 0) is 19.6 Å². The summed E-state index contributed by atoms with van der Waals surface area (Å²) in [5.74, 6) is 0.0666. The Morgan fingerprint density at radius 1 is 1.10 bits per heavy atom. The second kappa shape index (κ2) is 12.1. The van der Waals surface area contributed by atoms with E-state index in [4.69, 9.17) is 21.7 Å². The average Bonchev–Trinajstić information content (AvgIpc) is 2.73. The third kappa shape index (κ3) is 8.21. The molecule has 0 heterocycles. The van der Waals surface area contributed by atoms with Crippen LogP contribution < -0.4 is 14.8 Å². The zero-order chi connectivity index (χ0) is 22.9. The number of ether oxygens (including phenoxy) is 2. The summed E-state index contributed by atoms with van der Waals surface area (Å²) in [6.07, 6.45) is 1.29. The number of carbonyl (C=O) groups is 1. The number of esters is 1. The second-order valence-corrected chi connectivity index (χ2v) is 9.59. The van der Waals surface area contributed by atoms with Gasteiger partial charge in [0.2, 0.25) is 10.0 Å². The summed E-state index contributed by atoms with van der Waals surface area (Å²) in [5, 5.41) is 3.07. The highest BCUT2D eigenvalue weighted by molar-refractivity contribution is 9.10. The van der Waals surface area contributed by atoms with Crippen LogP contribution in [0, 0.1) is 0 Å². The van der Waals surface area contributed by atoms with Crippen molar-refractivity contribution in [3.8, 4) is 5.75 Å². The van der Waals surface area contributed by atoms with Gasteiger partial charge in [-0.2, -0.15) is 0 Å². The van der Waals surface area contributed by atoms with Crippen molar-refractivity contribution in [2.75, 3.05) is 18.5 Å². The molecule has 10 heteroatoms. The van der Waals surface area contributed by atoms with E-state index in [9.17, 15) is 13.2 Å². The molecule has 0 spiro atoms. The Morgan fingerprint density at radius 3 is 2.32 bits per heavy atom. The van der Waals surface area contributed by atoms with Gasteiger partial charge in [0.1, 0.15) is 5.75 Å². The highest BCUT2D eigenvalue weighted by Crippen LogP contribution is 2.18. The summed E-state index contributed by atoms with van der Waals surface area (Å²) in [5.41, 5.74) is 0.678. The number of thiocarbonyl (C=S) groups is 1. The third-order valence-electron chi connectivity index (χ3n) is 4.10. The first-order chi connectivity index (χ1) is 14.7. The minimum absolute atomic E-state index is 0.169. The predicted molar refractivity (Wildman–Crippen MR) is 128 cm³/mol. The molecule has 168 valence electrons. The monoisotopic (exact) mass is 528 g/mol. The molecule has 0 aromatic heterocycles. The first-order valence-corrected chi connectivity index (χ1v) is 12.4. The minimum Gasteiger partial charge on any atom is -0.482 e. The second-order valence-electron chi connectivity index (χ2n) is 6.52. The Bertz CT molecular complexity index is 980. The largest absolute Gasteiger partial charge is 0.482 e. The molecule has 2 aromatic rings. The normalized spacial score (nSPS) is 12.1. The van der Waals surface area contributed by atoms with Gasteiger partial charge in [-0.25, -0.2) is 17.9 Å². The molecule has 2 rings (SSSR count). The smallest absolute Gasteiger partial charge is 0.344 e. The van der Waals surface area contributed by atoms with E-state index in [2.05, 4.69) is 26.0 Å². The zero-order valence-electron chi connectivity index (χ0n) is 17.3.